The zero-order valence-electron chi connectivity index (χ0n) is 17.3. The van der Waals surface area contributed by atoms with E-state index in [2.05, 4.69) is 10.7 Å². The minimum absolute atomic E-state index is 0. The van der Waals surface area contributed by atoms with Crippen LogP contribution in [0.1, 0.15) is 42.2 Å². The lowest BCUT2D eigenvalue weighted by molar-refractivity contribution is -0.242. The average molecular weight is 447 g/mol. The van der Waals surface area contributed by atoms with Gasteiger partial charge in [-0.15, -0.1) is 12.4 Å². The molecule has 0 spiro atoms. The Hall–Kier alpha value is -3.23. The van der Waals surface area contributed by atoms with E-state index in [1.807, 2.05) is 38.1 Å². The fourth-order valence-corrected chi connectivity index (χ4v) is 3.14. The SMILES string of the molecule is CCOc1ccc(C2CC=CN(C(=O)c3ccc(NC(=O)[O-])cc3)N2)cc1OCC.Cl. The van der Waals surface area contributed by atoms with Crippen LogP contribution < -0.4 is 25.3 Å². The molecule has 2 aromatic carbocycles. The molecule has 31 heavy (non-hydrogen) atoms. The lowest BCUT2D eigenvalue weighted by atomic mass is 10.0. The molecule has 3 rings (SSSR count). The van der Waals surface area contributed by atoms with Gasteiger partial charge in [0.2, 0.25) is 0 Å². The van der Waals surface area contributed by atoms with E-state index in [0.29, 0.717) is 42.4 Å². The summed E-state index contributed by atoms with van der Waals surface area (Å²) >= 11 is 0. The molecule has 1 heterocycles. The number of halogens is 1. The van der Waals surface area contributed by atoms with Crippen molar-refractivity contribution in [3.8, 4) is 11.5 Å². The standard InChI is InChI=1S/C22H25N3O5.ClH/c1-3-29-19-12-9-16(14-20(19)30-4-2)18-6-5-13-25(24-18)21(26)15-7-10-17(11-8-15)23-22(27)28;/h5,7-14,18,23-24H,3-4,6H2,1-2H3,(H,27,28);1H/p-1. The molecule has 1 aliphatic heterocycles. The van der Waals surface area contributed by atoms with Crippen LogP contribution in [0.25, 0.3) is 0 Å². The van der Waals surface area contributed by atoms with Crippen LogP contribution in [0.4, 0.5) is 10.5 Å². The van der Waals surface area contributed by atoms with Gasteiger partial charge in [0.1, 0.15) is 6.09 Å². The Balaban J connectivity index is 0.00000341. The molecule has 0 bridgehead atoms. The van der Waals surface area contributed by atoms with Gasteiger partial charge in [-0.05, 0) is 62.2 Å². The second-order valence-corrected chi connectivity index (χ2v) is 6.54. The summed E-state index contributed by atoms with van der Waals surface area (Å²) in [4.78, 5) is 23.4. The second kappa shape index (κ2) is 11.2. The van der Waals surface area contributed by atoms with E-state index in [9.17, 15) is 14.7 Å². The van der Waals surface area contributed by atoms with Crippen molar-refractivity contribution in [1.29, 1.82) is 0 Å². The first kappa shape index (κ1) is 24.0. The molecule has 2 N–H and O–H groups in total. The Morgan fingerprint density at radius 1 is 1.10 bits per heavy atom. The number of rotatable bonds is 7. The molecule has 1 atom stereocenters. The molecule has 1 aliphatic rings. The third-order valence-electron chi connectivity index (χ3n) is 4.49. The van der Waals surface area contributed by atoms with Crippen molar-refractivity contribution in [2.24, 2.45) is 0 Å². The topological polar surface area (TPSA) is 103 Å². The van der Waals surface area contributed by atoms with E-state index in [4.69, 9.17) is 9.47 Å². The largest absolute Gasteiger partial charge is 0.530 e. The van der Waals surface area contributed by atoms with Gasteiger partial charge in [0.25, 0.3) is 5.91 Å². The first-order chi connectivity index (χ1) is 14.5. The summed E-state index contributed by atoms with van der Waals surface area (Å²) in [6.07, 6.45) is 2.91. The minimum atomic E-state index is -1.40. The maximum absolute atomic E-state index is 12.8. The third-order valence-corrected chi connectivity index (χ3v) is 4.49. The lowest BCUT2D eigenvalue weighted by Crippen LogP contribution is -2.43. The Labute approximate surface area is 187 Å². The van der Waals surface area contributed by atoms with Crippen LogP contribution in [-0.4, -0.2) is 30.2 Å². The summed E-state index contributed by atoms with van der Waals surface area (Å²) in [6.45, 7) is 4.90. The maximum atomic E-state index is 12.8. The van der Waals surface area contributed by atoms with Crippen LogP contribution in [0.5, 0.6) is 11.5 Å². The molecule has 0 saturated heterocycles. The van der Waals surface area contributed by atoms with E-state index >= 15 is 0 Å². The first-order valence-electron chi connectivity index (χ1n) is 9.75. The quantitative estimate of drug-likeness (QED) is 0.676. The van der Waals surface area contributed by atoms with Crippen LogP contribution in [0.3, 0.4) is 0 Å². The average Bonchev–Trinajstić information content (AvgIpc) is 2.75. The Bertz CT molecular complexity index is 933. The molecule has 8 nitrogen and oxygen atoms in total. The molecule has 166 valence electrons. The first-order valence-corrected chi connectivity index (χ1v) is 9.75. The van der Waals surface area contributed by atoms with Crippen molar-refractivity contribution in [1.82, 2.24) is 10.4 Å². The molecule has 9 heteroatoms. The highest BCUT2D eigenvalue weighted by molar-refractivity contribution is 5.95. The minimum Gasteiger partial charge on any atom is -0.530 e. The Morgan fingerprint density at radius 2 is 1.77 bits per heavy atom. The fraction of sp³-hybridized carbons (Fsp3) is 0.273. The van der Waals surface area contributed by atoms with E-state index in [0.717, 1.165) is 5.56 Å². The van der Waals surface area contributed by atoms with Gasteiger partial charge < -0.3 is 24.7 Å². The smallest absolute Gasteiger partial charge is 0.272 e. The van der Waals surface area contributed by atoms with Crippen LogP contribution in [-0.2, 0) is 0 Å². The highest BCUT2D eigenvalue weighted by Gasteiger charge is 2.23. The molecule has 0 fully saturated rings. The number of nitrogens with one attached hydrogen (secondary N) is 2. The number of benzene rings is 2. The summed E-state index contributed by atoms with van der Waals surface area (Å²) in [5, 5.41) is 14.2. The zero-order chi connectivity index (χ0) is 21.5. The summed E-state index contributed by atoms with van der Waals surface area (Å²) < 4.78 is 11.3. The highest BCUT2D eigenvalue weighted by Crippen LogP contribution is 2.32. The number of ether oxygens (including phenoxy) is 2. The predicted molar refractivity (Wildman–Crippen MR) is 117 cm³/mol. The fourth-order valence-electron chi connectivity index (χ4n) is 3.14. The number of amides is 2. The molecule has 2 aromatic rings. The van der Waals surface area contributed by atoms with Crippen molar-refractivity contribution in [2.45, 2.75) is 26.3 Å². The van der Waals surface area contributed by atoms with Crippen molar-refractivity contribution in [3.05, 3.63) is 65.9 Å². The van der Waals surface area contributed by atoms with Gasteiger partial charge in [-0.2, -0.15) is 0 Å². The van der Waals surface area contributed by atoms with Gasteiger partial charge in [0, 0.05) is 17.5 Å². The van der Waals surface area contributed by atoms with E-state index < -0.39 is 6.09 Å². The number of hydrogen-bond donors (Lipinski definition) is 2. The monoisotopic (exact) mass is 446 g/mol. The number of hydrogen-bond acceptors (Lipinski definition) is 6. The number of carboxylic acid groups (broad SMARTS) is 1. The van der Waals surface area contributed by atoms with Crippen LogP contribution >= 0.6 is 12.4 Å². The summed E-state index contributed by atoms with van der Waals surface area (Å²) in [6, 6.07) is 11.8. The Kier molecular flexibility index (Phi) is 8.72. The van der Waals surface area contributed by atoms with Gasteiger partial charge in [-0.1, -0.05) is 12.1 Å². The normalized spacial score (nSPS) is 15.0. The summed E-state index contributed by atoms with van der Waals surface area (Å²) in [5.74, 6) is 1.10. The Morgan fingerprint density at radius 3 is 2.42 bits per heavy atom. The van der Waals surface area contributed by atoms with Gasteiger partial charge in [-0.3, -0.25) is 4.79 Å². The maximum Gasteiger partial charge on any atom is 0.272 e. The second-order valence-electron chi connectivity index (χ2n) is 6.54. The molecule has 0 radical (unpaired) electrons. The highest BCUT2D eigenvalue weighted by atomic mass is 35.5. The number of carbonyl (C=O) groups is 2. The van der Waals surface area contributed by atoms with E-state index in [1.54, 1.807) is 18.3 Å². The number of nitrogens with zero attached hydrogens (tertiary/aromatic N) is 1. The molecular weight excluding hydrogens is 422 g/mol. The number of carbonyl (C=O) groups excluding carboxylic acids is 2. The molecule has 0 aliphatic carbocycles. The molecule has 1 unspecified atom stereocenters. The molecule has 0 saturated carbocycles. The molecular formula is C22H25ClN3O5-. The number of anilines is 1. The predicted octanol–water partition coefficient (Wildman–Crippen LogP) is 3.27. The van der Waals surface area contributed by atoms with Gasteiger partial charge in [0.15, 0.2) is 11.5 Å². The van der Waals surface area contributed by atoms with E-state index in [-0.39, 0.29) is 24.4 Å². The lowest BCUT2D eigenvalue weighted by Gasteiger charge is -2.30. The summed E-state index contributed by atoms with van der Waals surface area (Å²) in [5.41, 5.74) is 4.94. The molecule has 2 amide bonds. The van der Waals surface area contributed by atoms with Gasteiger partial charge in [-0.25, -0.2) is 10.4 Å². The van der Waals surface area contributed by atoms with Crippen molar-refractivity contribution in [2.75, 3.05) is 18.5 Å². The van der Waals surface area contributed by atoms with Crippen LogP contribution in [0.15, 0.2) is 54.7 Å². The number of hydrazine groups is 1. The van der Waals surface area contributed by atoms with Crippen LogP contribution in [0, 0.1) is 0 Å². The summed E-state index contributed by atoms with van der Waals surface area (Å²) in [7, 11) is 0. The van der Waals surface area contributed by atoms with E-state index in [1.165, 1.54) is 17.1 Å². The van der Waals surface area contributed by atoms with Crippen molar-refractivity contribution in [3.63, 3.8) is 0 Å². The zero-order valence-corrected chi connectivity index (χ0v) is 18.1. The third kappa shape index (κ3) is 6.13. The van der Waals surface area contributed by atoms with Crippen LogP contribution in [0.2, 0.25) is 0 Å². The molecule has 0 aromatic heterocycles. The van der Waals surface area contributed by atoms with Gasteiger partial charge in [0.05, 0.1) is 19.3 Å². The van der Waals surface area contributed by atoms with Crippen molar-refractivity contribution < 1.29 is 24.2 Å². The van der Waals surface area contributed by atoms with Gasteiger partial charge >= 0.3 is 0 Å². The van der Waals surface area contributed by atoms with Crippen molar-refractivity contribution >= 4 is 30.1 Å².